The Morgan fingerprint density at radius 3 is 2.77 bits per heavy atom. The fourth-order valence-electron chi connectivity index (χ4n) is 2.93. The maximum atomic E-state index is 12.7. The summed E-state index contributed by atoms with van der Waals surface area (Å²) in [5.74, 6) is -0.239. The van der Waals surface area contributed by atoms with E-state index < -0.39 is 0 Å². The third-order valence-corrected chi connectivity index (χ3v) is 6.87. The number of anilines is 2. The van der Waals surface area contributed by atoms with Gasteiger partial charge in [0.1, 0.15) is 4.32 Å². The molecule has 1 aliphatic heterocycles. The largest absolute Gasteiger partial charge is 0.385 e. The number of hydrogen-bond acceptors (Lipinski definition) is 7. The fourth-order valence-corrected chi connectivity index (χ4v) is 5.07. The molecular formula is C21H23N3O3S3. The Morgan fingerprint density at radius 2 is 2.10 bits per heavy atom. The molecule has 1 aromatic carbocycles. The van der Waals surface area contributed by atoms with Gasteiger partial charge in [-0.05, 0) is 49.6 Å². The summed E-state index contributed by atoms with van der Waals surface area (Å²) in [6.07, 6.45) is 2.45. The van der Waals surface area contributed by atoms with Gasteiger partial charge in [0.2, 0.25) is 5.91 Å². The Kier molecular flexibility index (Phi) is 7.41. The van der Waals surface area contributed by atoms with E-state index in [0.29, 0.717) is 33.2 Å². The second-order valence-corrected chi connectivity index (χ2v) is 9.37. The number of rotatable bonds is 7. The molecule has 0 spiro atoms. The number of thiazole rings is 1. The minimum Gasteiger partial charge on any atom is -0.385 e. The molecule has 0 saturated carbocycles. The summed E-state index contributed by atoms with van der Waals surface area (Å²) >= 11 is 7.97. The first-order chi connectivity index (χ1) is 14.3. The second-order valence-electron chi connectivity index (χ2n) is 6.86. The summed E-state index contributed by atoms with van der Waals surface area (Å²) < 4.78 is 5.59. The third kappa shape index (κ3) is 4.97. The molecule has 0 atom stereocenters. The first kappa shape index (κ1) is 22.6. The van der Waals surface area contributed by atoms with Crippen molar-refractivity contribution in [2.75, 3.05) is 25.2 Å². The third-order valence-electron chi connectivity index (χ3n) is 4.65. The van der Waals surface area contributed by atoms with Crippen molar-refractivity contribution in [3.63, 3.8) is 0 Å². The van der Waals surface area contributed by atoms with Crippen molar-refractivity contribution in [1.82, 2.24) is 9.88 Å². The Bertz CT molecular complexity index is 1020. The number of aromatic nitrogens is 1. The number of ether oxygens (including phenoxy) is 1. The van der Waals surface area contributed by atoms with Crippen LogP contribution < -0.4 is 4.90 Å². The van der Waals surface area contributed by atoms with Crippen LogP contribution >= 0.6 is 35.3 Å². The van der Waals surface area contributed by atoms with Crippen molar-refractivity contribution in [2.45, 2.75) is 27.2 Å². The number of benzene rings is 1. The van der Waals surface area contributed by atoms with E-state index in [0.717, 1.165) is 23.2 Å². The summed E-state index contributed by atoms with van der Waals surface area (Å²) in [5.41, 5.74) is 3.67. The van der Waals surface area contributed by atoms with E-state index >= 15 is 0 Å². The van der Waals surface area contributed by atoms with Gasteiger partial charge in [0.05, 0.1) is 16.3 Å². The average Bonchev–Trinajstić information content (AvgIpc) is 3.24. The normalized spacial score (nSPS) is 15.3. The zero-order chi connectivity index (χ0) is 21.8. The number of hydrogen-bond donors (Lipinski definition) is 0. The lowest BCUT2D eigenvalue weighted by Crippen LogP contribution is -2.29. The van der Waals surface area contributed by atoms with Crippen LogP contribution in [-0.4, -0.2) is 46.3 Å². The molecule has 9 heteroatoms. The highest BCUT2D eigenvalue weighted by molar-refractivity contribution is 8.26. The maximum absolute atomic E-state index is 12.7. The minimum absolute atomic E-state index is 0.117. The monoisotopic (exact) mass is 461 g/mol. The van der Waals surface area contributed by atoms with Gasteiger partial charge < -0.3 is 4.74 Å². The molecule has 1 aromatic heterocycles. The van der Waals surface area contributed by atoms with Crippen LogP contribution in [0.25, 0.3) is 6.08 Å². The van der Waals surface area contributed by atoms with Crippen LogP contribution in [0.3, 0.4) is 0 Å². The average molecular weight is 462 g/mol. The lowest BCUT2D eigenvalue weighted by Gasteiger charge is -2.19. The lowest BCUT2D eigenvalue weighted by molar-refractivity contribution is -0.122. The predicted octanol–water partition coefficient (Wildman–Crippen LogP) is 4.68. The molecule has 0 radical (unpaired) electrons. The molecule has 1 fully saturated rings. The zero-order valence-electron chi connectivity index (χ0n) is 17.3. The van der Waals surface area contributed by atoms with Crippen LogP contribution in [0.15, 0.2) is 28.5 Å². The molecule has 3 rings (SSSR count). The number of methoxy groups -OCH3 is 1. The van der Waals surface area contributed by atoms with Gasteiger partial charge in [-0.25, -0.2) is 4.98 Å². The topological polar surface area (TPSA) is 62.7 Å². The zero-order valence-corrected chi connectivity index (χ0v) is 19.7. The van der Waals surface area contributed by atoms with Crippen LogP contribution in [0.5, 0.6) is 0 Å². The van der Waals surface area contributed by atoms with Crippen molar-refractivity contribution < 1.29 is 14.3 Å². The van der Waals surface area contributed by atoms with Gasteiger partial charge in [-0.3, -0.25) is 19.4 Å². The number of amides is 2. The number of thiocarbonyl (C=S) groups is 1. The molecule has 0 unspecified atom stereocenters. The molecule has 2 heterocycles. The summed E-state index contributed by atoms with van der Waals surface area (Å²) in [4.78, 5) is 33.3. The number of carbonyl (C=O) groups excluding carboxylic acids is 2. The van der Waals surface area contributed by atoms with Gasteiger partial charge in [-0.1, -0.05) is 30.0 Å². The van der Waals surface area contributed by atoms with Gasteiger partial charge in [0, 0.05) is 32.6 Å². The second kappa shape index (κ2) is 9.82. The lowest BCUT2D eigenvalue weighted by atomic mass is 10.1. The smallest absolute Gasteiger partial charge is 0.266 e. The molecule has 30 heavy (non-hydrogen) atoms. The van der Waals surface area contributed by atoms with Gasteiger partial charge in [-0.15, -0.1) is 11.3 Å². The first-order valence-electron chi connectivity index (χ1n) is 9.39. The van der Waals surface area contributed by atoms with E-state index in [1.54, 1.807) is 23.0 Å². The van der Waals surface area contributed by atoms with Crippen molar-refractivity contribution in [2.24, 2.45) is 0 Å². The fraction of sp³-hybridized carbons (Fsp3) is 0.333. The standard InChI is InChI=1S/C21H23N3O3S3/c1-13-6-7-17(10-14(13)2)24(15(3)25)20-22-16(12-29-20)11-18-19(26)23(21(28)30-18)8-5-9-27-4/h6-7,10-12H,5,8-9H2,1-4H3. The molecular weight excluding hydrogens is 438 g/mol. The molecule has 2 amide bonds. The Balaban J connectivity index is 1.82. The molecule has 6 nitrogen and oxygen atoms in total. The maximum Gasteiger partial charge on any atom is 0.266 e. The molecule has 2 aromatic rings. The van der Waals surface area contributed by atoms with Gasteiger partial charge in [0.15, 0.2) is 5.13 Å². The Labute approximate surface area is 189 Å². The number of aryl methyl sites for hydroxylation is 2. The molecule has 1 aliphatic rings. The van der Waals surface area contributed by atoms with Gasteiger partial charge >= 0.3 is 0 Å². The van der Waals surface area contributed by atoms with E-state index in [9.17, 15) is 9.59 Å². The highest BCUT2D eigenvalue weighted by Crippen LogP contribution is 2.35. The van der Waals surface area contributed by atoms with Gasteiger partial charge in [-0.2, -0.15) is 0 Å². The van der Waals surface area contributed by atoms with Gasteiger partial charge in [0.25, 0.3) is 5.91 Å². The van der Waals surface area contributed by atoms with E-state index in [1.807, 2.05) is 37.4 Å². The molecule has 0 N–H and O–H groups in total. The SMILES string of the molecule is COCCCN1C(=O)C(=Cc2csc(N(C(C)=O)c3ccc(C)c(C)c3)n2)SC1=S. The summed E-state index contributed by atoms with van der Waals surface area (Å²) in [6.45, 7) is 6.67. The van der Waals surface area contributed by atoms with Crippen LogP contribution in [0.1, 0.15) is 30.2 Å². The van der Waals surface area contributed by atoms with E-state index in [-0.39, 0.29) is 11.8 Å². The quantitative estimate of drug-likeness (QED) is 0.339. The van der Waals surface area contributed by atoms with Crippen molar-refractivity contribution in [3.8, 4) is 0 Å². The van der Waals surface area contributed by atoms with E-state index in [1.165, 1.54) is 30.0 Å². The van der Waals surface area contributed by atoms with Crippen LogP contribution in [-0.2, 0) is 14.3 Å². The Hall–Kier alpha value is -2.07. The van der Waals surface area contributed by atoms with Crippen molar-refractivity contribution in [3.05, 3.63) is 45.3 Å². The molecule has 0 aliphatic carbocycles. The van der Waals surface area contributed by atoms with Crippen LogP contribution in [0.2, 0.25) is 0 Å². The van der Waals surface area contributed by atoms with Crippen LogP contribution in [0.4, 0.5) is 10.8 Å². The number of carbonyl (C=O) groups is 2. The summed E-state index contributed by atoms with van der Waals surface area (Å²) in [5, 5.41) is 2.40. The number of thioether (sulfide) groups is 1. The van der Waals surface area contributed by atoms with Crippen molar-refractivity contribution >= 4 is 68.3 Å². The molecule has 0 bridgehead atoms. The predicted molar refractivity (Wildman–Crippen MR) is 127 cm³/mol. The highest BCUT2D eigenvalue weighted by Gasteiger charge is 2.31. The summed E-state index contributed by atoms with van der Waals surface area (Å²) in [7, 11) is 1.63. The molecule has 158 valence electrons. The van der Waals surface area contributed by atoms with Crippen LogP contribution in [0, 0.1) is 13.8 Å². The van der Waals surface area contributed by atoms with Crippen molar-refractivity contribution in [1.29, 1.82) is 0 Å². The molecule has 1 saturated heterocycles. The summed E-state index contributed by atoms with van der Waals surface area (Å²) in [6, 6.07) is 5.88. The first-order valence-corrected chi connectivity index (χ1v) is 11.5. The minimum atomic E-state index is -0.122. The highest BCUT2D eigenvalue weighted by atomic mass is 32.2. The van der Waals surface area contributed by atoms with E-state index in [2.05, 4.69) is 4.98 Å². The van der Waals surface area contributed by atoms with E-state index in [4.69, 9.17) is 17.0 Å². The number of nitrogens with zero attached hydrogens (tertiary/aromatic N) is 3. The Morgan fingerprint density at radius 1 is 1.33 bits per heavy atom.